The zero-order valence-electron chi connectivity index (χ0n) is 13.4. The molecule has 1 aromatic carbocycles. The highest BCUT2D eigenvalue weighted by Crippen LogP contribution is 2.37. The first-order chi connectivity index (χ1) is 11.6. The predicted octanol–water partition coefficient (Wildman–Crippen LogP) is 2.50. The van der Waals surface area contributed by atoms with Crippen LogP contribution in [0.4, 0.5) is 24.5 Å². The number of carbonyl (C=O) groups is 3. The van der Waals surface area contributed by atoms with Crippen molar-refractivity contribution in [2.24, 2.45) is 0 Å². The molecule has 9 heteroatoms. The molecule has 1 N–H and O–H groups in total. The van der Waals surface area contributed by atoms with Crippen molar-refractivity contribution in [3.8, 4) is 0 Å². The van der Waals surface area contributed by atoms with E-state index in [4.69, 9.17) is 4.74 Å². The molecule has 0 saturated heterocycles. The summed E-state index contributed by atoms with van der Waals surface area (Å²) < 4.78 is 43.3. The van der Waals surface area contributed by atoms with Gasteiger partial charge in [-0.1, -0.05) is 6.08 Å². The number of rotatable bonds is 3. The number of halogens is 3. The molecule has 1 heterocycles. The monoisotopic (exact) mass is 356 g/mol. The van der Waals surface area contributed by atoms with E-state index < -0.39 is 35.6 Å². The SMILES string of the molecule is C/C=C/C(=O)O[C@@H](C)C(=O)N1CC(=O)Nc2cc(C(F)(F)F)ccc21. The molecular weight excluding hydrogens is 341 g/mol. The molecule has 0 fully saturated rings. The van der Waals surface area contributed by atoms with Gasteiger partial charge in [0.05, 0.1) is 16.9 Å². The molecule has 1 aliphatic rings. The van der Waals surface area contributed by atoms with Gasteiger partial charge in [0.25, 0.3) is 5.91 Å². The maximum atomic E-state index is 12.8. The summed E-state index contributed by atoms with van der Waals surface area (Å²) in [4.78, 5) is 36.6. The van der Waals surface area contributed by atoms with Gasteiger partial charge in [0, 0.05) is 6.08 Å². The number of hydrogen-bond acceptors (Lipinski definition) is 4. The second-order valence-electron chi connectivity index (χ2n) is 5.28. The van der Waals surface area contributed by atoms with Gasteiger partial charge in [-0.15, -0.1) is 0 Å². The quantitative estimate of drug-likeness (QED) is 0.667. The molecule has 6 nitrogen and oxygen atoms in total. The number of anilines is 2. The summed E-state index contributed by atoms with van der Waals surface area (Å²) in [5.41, 5.74) is -0.980. The van der Waals surface area contributed by atoms with Crippen LogP contribution in [0.1, 0.15) is 19.4 Å². The number of amides is 2. The fraction of sp³-hybridized carbons (Fsp3) is 0.312. The smallest absolute Gasteiger partial charge is 0.416 e. The van der Waals surface area contributed by atoms with Crippen LogP contribution in [0.2, 0.25) is 0 Å². The van der Waals surface area contributed by atoms with E-state index in [1.165, 1.54) is 13.0 Å². The Bertz CT molecular complexity index is 743. The number of allylic oxidation sites excluding steroid dienone is 1. The van der Waals surface area contributed by atoms with Crippen molar-refractivity contribution in [3.05, 3.63) is 35.9 Å². The van der Waals surface area contributed by atoms with Crippen molar-refractivity contribution in [2.45, 2.75) is 26.1 Å². The van der Waals surface area contributed by atoms with Crippen LogP contribution in [-0.4, -0.2) is 30.4 Å². The van der Waals surface area contributed by atoms with Crippen molar-refractivity contribution in [1.29, 1.82) is 0 Å². The van der Waals surface area contributed by atoms with E-state index in [9.17, 15) is 27.6 Å². The first-order valence-corrected chi connectivity index (χ1v) is 7.29. The maximum absolute atomic E-state index is 12.8. The molecule has 2 rings (SSSR count). The minimum atomic E-state index is -4.58. The summed E-state index contributed by atoms with van der Waals surface area (Å²) in [6.07, 6.45) is -3.23. The lowest BCUT2D eigenvalue weighted by Crippen LogP contribution is -2.47. The van der Waals surface area contributed by atoms with Crippen LogP contribution in [0, 0.1) is 0 Å². The molecule has 0 aromatic heterocycles. The highest BCUT2D eigenvalue weighted by Gasteiger charge is 2.35. The van der Waals surface area contributed by atoms with Crippen LogP contribution in [0.25, 0.3) is 0 Å². The second-order valence-corrected chi connectivity index (χ2v) is 5.28. The molecule has 0 aliphatic carbocycles. The van der Waals surface area contributed by atoms with Crippen LogP contribution >= 0.6 is 0 Å². The molecule has 0 bridgehead atoms. The Balaban J connectivity index is 2.30. The summed E-state index contributed by atoms with van der Waals surface area (Å²) in [7, 11) is 0. The van der Waals surface area contributed by atoms with E-state index in [1.807, 2.05) is 0 Å². The van der Waals surface area contributed by atoms with Crippen LogP contribution in [-0.2, 0) is 25.3 Å². The lowest BCUT2D eigenvalue weighted by atomic mass is 10.1. The number of alkyl halides is 3. The Hall–Kier alpha value is -2.84. The van der Waals surface area contributed by atoms with Crippen molar-refractivity contribution in [2.75, 3.05) is 16.8 Å². The first-order valence-electron chi connectivity index (χ1n) is 7.29. The zero-order valence-corrected chi connectivity index (χ0v) is 13.4. The Labute approximate surface area is 141 Å². The number of hydrogen-bond donors (Lipinski definition) is 1. The topological polar surface area (TPSA) is 75.7 Å². The molecule has 1 aromatic rings. The van der Waals surface area contributed by atoms with Crippen molar-refractivity contribution in [1.82, 2.24) is 0 Å². The van der Waals surface area contributed by atoms with Gasteiger partial charge in [-0.05, 0) is 32.0 Å². The molecule has 0 spiro atoms. The van der Waals surface area contributed by atoms with Crippen LogP contribution < -0.4 is 10.2 Å². The van der Waals surface area contributed by atoms with Crippen molar-refractivity contribution in [3.63, 3.8) is 0 Å². The molecule has 0 saturated carbocycles. The van der Waals surface area contributed by atoms with Gasteiger partial charge in [0.1, 0.15) is 6.54 Å². The van der Waals surface area contributed by atoms with Gasteiger partial charge in [-0.25, -0.2) is 4.79 Å². The summed E-state index contributed by atoms with van der Waals surface area (Å²) >= 11 is 0. The van der Waals surface area contributed by atoms with Crippen molar-refractivity contribution < 1.29 is 32.3 Å². The van der Waals surface area contributed by atoms with Gasteiger partial charge in [0.2, 0.25) is 5.91 Å². The zero-order chi connectivity index (χ0) is 18.8. The minimum Gasteiger partial charge on any atom is -0.449 e. The Morgan fingerprint density at radius 1 is 1.36 bits per heavy atom. The normalized spacial score (nSPS) is 15.6. The number of ether oxygens (including phenoxy) is 1. The lowest BCUT2D eigenvalue weighted by molar-refractivity contribution is -0.149. The maximum Gasteiger partial charge on any atom is 0.416 e. The van der Waals surface area contributed by atoms with E-state index in [0.717, 1.165) is 29.2 Å². The van der Waals surface area contributed by atoms with Crippen LogP contribution in [0.5, 0.6) is 0 Å². The number of carbonyl (C=O) groups excluding carboxylic acids is 3. The molecule has 1 atom stereocenters. The van der Waals surface area contributed by atoms with Gasteiger partial charge in [0.15, 0.2) is 6.10 Å². The van der Waals surface area contributed by atoms with Gasteiger partial charge in [-0.2, -0.15) is 13.2 Å². The summed E-state index contributed by atoms with van der Waals surface area (Å²) in [6, 6.07) is 2.66. The Morgan fingerprint density at radius 2 is 2.04 bits per heavy atom. The number of benzene rings is 1. The second kappa shape index (κ2) is 6.96. The molecule has 0 unspecified atom stereocenters. The molecule has 1 aliphatic heterocycles. The molecule has 2 amide bonds. The summed E-state index contributed by atoms with van der Waals surface area (Å²) in [5.74, 6) is -2.10. The molecule has 25 heavy (non-hydrogen) atoms. The number of fused-ring (bicyclic) bond motifs is 1. The standard InChI is InChI=1S/C16H15F3N2O4/c1-3-4-14(23)25-9(2)15(24)21-8-13(22)20-11-7-10(16(17,18)19)5-6-12(11)21/h3-7,9H,8H2,1-2H3,(H,20,22)/b4-3+/t9-/m0/s1. The number of nitrogens with zero attached hydrogens (tertiary/aromatic N) is 1. The van der Waals surface area contributed by atoms with E-state index in [2.05, 4.69) is 5.32 Å². The fourth-order valence-corrected chi connectivity index (χ4v) is 2.28. The summed E-state index contributed by atoms with van der Waals surface area (Å²) in [6.45, 7) is 2.53. The van der Waals surface area contributed by atoms with E-state index in [0.29, 0.717) is 0 Å². The number of esters is 1. The van der Waals surface area contributed by atoms with Crippen LogP contribution in [0.3, 0.4) is 0 Å². The summed E-state index contributed by atoms with van der Waals surface area (Å²) in [5, 5.41) is 2.31. The average molecular weight is 356 g/mol. The highest BCUT2D eigenvalue weighted by molar-refractivity contribution is 6.11. The van der Waals surface area contributed by atoms with Crippen molar-refractivity contribution >= 4 is 29.2 Å². The number of nitrogens with one attached hydrogen (secondary N) is 1. The largest absolute Gasteiger partial charge is 0.449 e. The van der Waals surface area contributed by atoms with E-state index >= 15 is 0 Å². The first kappa shape index (κ1) is 18.5. The lowest BCUT2D eigenvalue weighted by Gasteiger charge is -2.31. The Kier molecular flexibility index (Phi) is 5.15. The van der Waals surface area contributed by atoms with Gasteiger partial charge >= 0.3 is 12.1 Å². The Morgan fingerprint density at radius 3 is 2.64 bits per heavy atom. The third-order valence-corrected chi connectivity index (χ3v) is 3.40. The predicted molar refractivity (Wildman–Crippen MR) is 82.8 cm³/mol. The third-order valence-electron chi connectivity index (χ3n) is 3.40. The van der Waals surface area contributed by atoms with E-state index in [1.54, 1.807) is 6.92 Å². The molecule has 0 radical (unpaired) electrons. The van der Waals surface area contributed by atoms with E-state index in [-0.39, 0.29) is 17.9 Å². The molecule has 134 valence electrons. The minimum absolute atomic E-state index is 0.103. The van der Waals surface area contributed by atoms with Crippen LogP contribution in [0.15, 0.2) is 30.4 Å². The highest BCUT2D eigenvalue weighted by atomic mass is 19.4. The fourth-order valence-electron chi connectivity index (χ4n) is 2.28. The molecular formula is C16H15F3N2O4. The van der Waals surface area contributed by atoms with Gasteiger partial charge in [-0.3, -0.25) is 14.5 Å². The van der Waals surface area contributed by atoms with Gasteiger partial charge < -0.3 is 10.1 Å². The third kappa shape index (κ3) is 4.17. The average Bonchev–Trinajstić information content (AvgIpc) is 2.51.